The highest BCUT2D eigenvalue weighted by Gasteiger charge is 2.16. The fraction of sp³-hybridized carbons (Fsp3) is 0.231. The van der Waals surface area contributed by atoms with Crippen LogP contribution in [0.15, 0.2) is 47.2 Å². The van der Waals surface area contributed by atoms with Crippen molar-refractivity contribution in [2.45, 2.75) is 13.5 Å². The molecule has 2 heterocycles. The van der Waals surface area contributed by atoms with Gasteiger partial charge in [0.15, 0.2) is 5.76 Å². The zero-order chi connectivity index (χ0) is 12.1. The van der Waals surface area contributed by atoms with Crippen LogP contribution in [0.4, 0.5) is 0 Å². The Balaban J connectivity index is 2.10. The Hall–Kier alpha value is -2.10. The molecular formula is C13H14N2O2. The lowest BCUT2D eigenvalue weighted by Gasteiger charge is -2.18. The van der Waals surface area contributed by atoms with Gasteiger partial charge in [-0.05, 0) is 31.2 Å². The summed E-state index contributed by atoms with van der Waals surface area (Å²) in [5.41, 5.74) is 0.870. The Bertz CT molecular complexity index is 465. The number of amides is 1. The Labute approximate surface area is 99.9 Å². The van der Waals surface area contributed by atoms with Crippen LogP contribution in [0.5, 0.6) is 0 Å². The largest absolute Gasteiger partial charge is 0.459 e. The summed E-state index contributed by atoms with van der Waals surface area (Å²) in [6.45, 7) is 3.05. The maximum atomic E-state index is 12.0. The van der Waals surface area contributed by atoms with Crippen LogP contribution in [-0.2, 0) is 6.54 Å². The van der Waals surface area contributed by atoms with Gasteiger partial charge in [-0.15, -0.1) is 0 Å². The standard InChI is InChI=1S/C13H14N2O2/c1-2-15(10-11-6-3-4-8-14-11)13(16)12-7-5-9-17-12/h3-9H,2,10H2,1H3. The number of carbonyl (C=O) groups excluding carboxylic acids is 1. The molecule has 2 rings (SSSR count). The van der Waals surface area contributed by atoms with Gasteiger partial charge >= 0.3 is 0 Å². The molecule has 0 bridgehead atoms. The topological polar surface area (TPSA) is 46.3 Å². The minimum atomic E-state index is -0.108. The van der Waals surface area contributed by atoms with Crippen LogP contribution >= 0.6 is 0 Å². The molecule has 1 amide bonds. The first-order valence-electron chi connectivity index (χ1n) is 5.54. The fourth-order valence-corrected chi connectivity index (χ4v) is 1.57. The summed E-state index contributed by atoms with van der Waals surface area (Å²) in [5.74, 6) is 0.255. The molecule has 88 valence electrons. The van der Waals surface area contributed by atoms with Gasteiger partial charge in [0.1, 0.15) is 0 Å². The van der Waals surface area contributed by atoms with Crippen molar-refractivity contribution in [3.63, 3.8) is 0 Å². The third-order valence-corrected chi connectivity index (χ3v) is 2.48. The minimum Gasteiger partial charge on any atom is -0.459 e. The number of furan rings is 1. The normalized spacial score (nSPS) is 10.2. The average Bonchev–Trinajstić information content (AvgIpc) is 2.90. The Morgan fingerprint density at radius 2 is 2.24 bits per heavy atom. The molecule has 0 atom stereocenters. The van der Waals surface area contributed by atoms with E-state index in [0.717, 1.165) is 5.69 Å². The van der Waals surface area contributed by atoms with Crippen molar-refractivity contribution in [1.82, 2.24) is 9.88 Å². The van der Waals surface area contributed by atoms with Crippen LogP contribution in [-0.4, -0.2) is 22.3 Å². The lowest BCUT2D eigenvalue weighted by atomic mass is 10.3. The van der Waals surface area contributed by atoms with Crippen molar-refractivity contribution in [3.05, 3.63) is 54.2 Å². The summed E-state index contributed by atoms with van der Waals surface area (Å²) in [6.07, 6.45) is 3.22. The number of rotatable bonds is 4. The summed E-state index contributed by atoms with van der Waals surface area (Å²) in [4.78, 5) is 17.9. The second-order valence-corrected chi connectivity index (χ2v) is 3.62. The molecule has 0 fully saturated rings. The molecule has 0 aliphatic carbocycles. The monoisotopic (exact) mass is 230 g/mol. The lowest BCUT2D eigenvalue weighted by Crippen LogP contribution is -2.30. The van der Waals surface area contributed by atoms with Crippen LogP contribution in [0, 0.1) is 0 Å². The first-order chi connectivity index (χ1) is 8.31. The van der Waals surface area contributed by atoms with Gasteiger partial charge in [0.2, 0.25) is 0 Å². The SMILES string of the molecule is CCN(Cc1ccccn1)C(=O)c1ccco1. The molecule has 0 saturated heterocycles. The molecule has 0 aromatic carbocycles. The number of nitrogens with zero attached hydrogens (tertiary/aromatic N) is 2. The molecule has 0 saturated carbocycles. The van der Waals surface area contributed by atoms with Gasteiger partial charge in [-0.1, -0.05) is 6.07 Å². The summed E-state index contributed by atoms with van der Waals surface area (Å²) in [6, 6.07) is 9.05. The van der Waals surface area contributed by atoms with Crippen LogP contribution in [0.2, 0.25) is 0 Å². The number of pyridine rings is 1. The number of hydrogen-bond acceptors (Lipinski definition) is 3. The van der Waals surface area contributed by atoms with Crippen molar-refractivity contribution in [1.29, 1.82) is 0 Å². The van der Waals surface area contributed by atoms with Crippen molar-refractivity contribution in [2.24, 2.45) is 0 Å². The molecular weight excluding hydrogens is 216 g/mol. The van der Waals surface area contributed by atoms with E-state index in [2.05, 4.69) is 4.98 Å². The van der Waals surface area contributed by atoms with Crippen molar-refractivity contribution in [2.75, 3.05) is 6.54 Å². The van der Waals surface area contributed by atoms with E-state index < -0.39 is 0 Å². The van der Waals surface area contributed by atoms with E-state index in [9.17, 15) is 4.79 Å². The molecule has 4 nitrogen and oxygen atoms in total. The third kappa shape index (κ3) is 2.72. The van der Waals surface area contributed by atoms with E-state index in [1.807, 2.05) is 25.1 Å². The van der Waals surface area contributed by atoms with Gasteiger partial charge in [0, 0.05) is 12.7 Å². The highest BCUT2D eigenvalue weighted by atomic mass is 16.3. The Morgan fingerprint density at radius 3 is 2.82 bits per heavy atom. The summed E-state index contributed by atoms with van der Waals surface area (Å²) < 4.78 is 5.10. The second-order valence-electron chi connectivity index (χ2n) is 3.62. The highest BCUT2D eigenvalue weighted by molar-refractivity contribution is 5.91. The van der Waals surface area contributed by atoms with Gasteiger partial charge in [-0.3, -0.25) is 9.78 Å². The van der Waals surface area contributed by atoms with E-state index in [1.165, 1.54) is 6.26 Å². The van der Waals surface area contributed by atoms with Gasteiger partial charge in [0.05, 0.1) is 18.5 Å². The molecule has 17 heavy (non-hydrogen) atoms. The van der Waals surface area contributed by atoms with E-state index in [0.29, 0.717) is 18.8 Å². The van der Waals surface area contributed by atoms with Gasteiger partial charge in [0.25, 0.3) is 5.91 Å². The van der Waals surface area contributed by atoms with Gasteiger partial charge < -0.3 is 9.32 Å². The maximum Gasteiger partial charge on any atom is 0.289 e. The van der Waals surface area contributed by atoms with E-state index >= 15 is 0 Å². The van der Waals surface area contributed by atoms with Crippen LogP contribution < -0.4 is 0 Å². The van der Waals surface area contributed by atoms with Crippen LogP contribution in [0.3, 0.4) is 0 Å². The summed E-state index contributed by atoms with van der Waals surface area (Å²) in [5, 5.41) is 0. The first-order valence-corrected chi connectivity index (χ1v) is 5.54. The van der Waals surface area contributed by atoms with Crippen LogP contribution in [0.25, 0.3) is 0 Å². The average molecular weight is 230 g/mol. The molecule has 0 unspecified atom stereocenters. The predicted octanol–water partition coefficient (Wildman–Crippen LogP) is 2.34. The molecule has 0 N–H and O–H groups in total. The number of hydrogen-bond donors (Lipinski definition) is 0. The highest BCUT2D eigenvalue weighted by Crippen LogP contribution is 2.08. The molecule has 0 aliphatic heterocycles. The summed E-state index contributed by atoms with van der Waals surface area (Å²) in [7, 11) is 0. The predicted molar refractivity (Wildman–Crippen MR) is 63.4 cm³/mol. The zero-order valence-corrected chi connectivity index (χ0v) is 9.67. The van der Waals surface area contributed by atoms with E-state index in [-0.39, 0.29) is 5.91 Å². The third-order valence-electron chi connectivity index (χ3n) is 2.48. The lowest BCUT2D eigenvalue weighted by molar-refractivity contribution is 0.0718. The zero-order valence-electron chi connectivity index (χ0n) is 9.67. The molecule has 0 radical (unpaired) electrons. The summed E-state index contributed by atoms with van der Waals surface area (Å²) >= 11 is 0. The number of aromatic nitrogens is 1. The van der Waals surface area contributed by atoms with E-state index in [1.54, 1.807) is 23.2 Å². The number of carbonyl (C=O) groups is 1. The Morgan fingerprint density at radius 1 is 1.35 bits per heavy atom. The smallest absolute Gasteiger partial charge is 0.289 e. The Kier molecular flexibility index (Phi) is 3.55. The van der Waals surface area contributed by atoms with Crippen molar-refractivity contribution >= 4 is 5.91 Å². The van der Waals surface area contributed by atoms with Crippen molar-refractivity contribution in [3.8, 4) is 0 Å². The fourth-order valence-electron chi connectivity index (χ4n) is 1.57. The quantitative estimate of drug-likeness (QED) is 0.809. The van der Waals surface area contributed by atoms with Gasteiger partial charge in [-0.25, -0.2) is 0 Å². The van der Waals surface area contributed by atoms with Crippen LogP contribution in [0.1, 0.15) is 23.2 Å². The molecule has 2 aromatic heterocycles. The van der Waals surface area contributed by atoms with Gasteiger partial charge in [-0.2, -0.15) is 0 Å². The minimum absolute atomic E-state index is 0.108. The maximum absolute atomic E-state index is 12.0. The molecule has 4 heteroatoms. The molecule has 0 spiro atoms. The van der Waals surface area contributed by atoms with Crippen molar-refractivity contribution < 1.29 is 9.21 Å². The molecule has 0 aliphatic rings. The first kappa shape index (κ1) is 11.4. The molecule has 2 aromatic rings. The second kappa shape index (κ2) is 5.30. The van der Waals surface area contributed by atoms with E-state index in [4.69, 9.17) is 4.42 Å².